The van der Waals surface area contributed by atoms with Crippen LogP contribution in [0.3, 0.4) is 0 Å². The molecule has 1 aliphatic rings. The summed E-state index contributed by atoms with van der Waals surface area (Å²) in [5.74, 6) is -2.32. The zero-order chi connectivity index (χ0) is 16.1. The SMILES string of the molecule is Cc1cccc(C(=O)[C@@H](C#N)C(=O)NC[C@H]2CCCO2)c1C. The molecule has 2 atom stereocenters. The largest absolute Gasteiger partial charge is 0.376 e. The minimum Gasteiger partial charge on any atom is -0.376 e. The zero-order valence-electron chi connectivity index (χ0n) is 12.9. The lowest BCUT2D eigenvalue weighted by Crippen LogP contribution is -2.38. The number of carbonyl (C=O) groups excluding carboxylic acids is 2. The smallest absolute Gasteiger partial charge is 0.245 e. The minimum absolute atomic E-state index is 0.0147. The van der Waals surface area contributed by atoms with Gasteiger partial charge in [-0.05, 0) is 37.8 Å². The number of hydrogen-bond acceptors (Lipinski definition) is 4. The van der Waals surface area contributed by atoms with E-state index in [1.54, 1.807) is 12.1 Å². The molecule has 0 saturated carbocycles. The number of nitrogens with one attached hydrogen (secondary N) is 1. The van der Waals surface area contributed by atoms with Crippen LogP contribution in [0, 0.1) is 31.1 Å². The van der Waals surface area contributed by atoms with Gasteiger partial charge in [0.25, 0.3) is 0 Å². The van der Waals surface area contributed by atoms with E-state index in [0.29, 0.717) is 18.7 Å². The Kier molecular flexibility index (Phi) is 5.29. The Morgan fingerprint density at radius 3 is 2.86 bits per heavy atom. The standard InChI is InChI=1S/C17H20N2O3/c1-11-5-3-7-14(12(11)2)16(20)15(9-18)17(21)19-10-13-6-4-8-22-13/h3,5,7,13,15H,4,6,8,10H2,1-2H3,(H,19,21)/t13-,15-/m1/s1. The third kappa shape index (κ3) is 3.52. The molecule has 0 radical (unpaired) electrons. The Labute approximate surface area is 130 Å². The van der Waals surface area contributed by atoms with Gasteiger partial charge in [-0.1, -0.05) is 18.2 Å². The average Bonchev–Trinajstić information content (AvgIpc) is 3.02. The number of hydrogen-bond donors (Lipinski definition) is 1. The van der Waals surface area contributed by atoms with E-state index in [9.17, 15) is 14.9 Å². The third-order valence-electron chi connectivity index (χ3n) is 4.05. The van der Waals surface area contributed by atoms with Gasteiger partial charge < -0.3 is 10.1 Å². The van der Waals surface area contributed by atoms with Gasteiger partial charge in [0.05, 0.1) is 12.2 Å². The molecule has 1 amide bonds. The van der Waals surface area contributed by atoms with Crippen LogP contribution in [0.5, 0.6) is 0 Å². The Hall–Kier alpha value is -2.19. The molecule has 22 heavy (non-hydrogen) atoms. The van der Waals surface area contributed by atoms with Crippen molar-refractivity contribution < 1.29 is 14.3 Å². The Balaban J connectivity index is 2.06. The first-order valence-corrected chi connectivity index (χ1v) is 7.44. The van der Waals surface area contributed by atoms with Crippen molar-refractivity contribution in [3.8, 4) is 6.07 Å². The van der Waals surface area contributed by atoms with Gasteiger partial charge in [0.1, 0.15) is 0 Å². The van der Waals surface area contributed by atoms with Crippen molar-refractivity contribution in [2.45, 2.75) is 32.8 Å². The first-order valence-electron chi connectivity index (χ1n) is 7.44. The van der Waals surface area contributed by atoms with Crippen molar-refractivity contribution >= 4 is 11.7 Å². The van der Waals surface area contributed by atoms with E-state index < -0.39 is 17.6 Å². The van der Waals surface area contributed by atoms with Crippen LogP contribution in [-0.2, 0) is 9.53 Å². The molecule has 0 aromatic heterocycles. The summed E-state index contributed by atoms with van der Waals surface area (Å²) in [4.78, 5) is 24.6. The second kappa shape index (κ2) is 7.19. The fourth-order valence-corrected chi connectivity index (χ4v) is 2.53. The van der Waals surface area contributed by atoms with Gasteiger partial charge >= 0.3 is 0 Å². The van der Waals surface area contributed by atoms with Crippen LogP contribution >= 0.6 is 0 Å². The van der Waals surface area contributed by atoms with E-state index in [1.807, 2.05) is 26.0 Å². The van der Waals surface area contributed by atoms with E-state index >= 15 is 0 Å². The minimum atomic E-state index is -1.32. The number of ether oxygens (including phenoxy) is 1. The number of nitrogens with zero attached hydrogens (tertiary/aromatic N) is 1. The molecule has 1 aromatic rings. The van der Waals surface area contributed by atoms with E-state index in [-0.39, 0.29) is 6.10 Å². The molecule has 0 spiro atoms. The maximum absolute atomic E-state index is 12.5. The van der Waals surface area contributed by atoms with Gasteiger partial charge in [0, 0.05) is 18.7 Å². The van der Waals surface area contributed by atoms with E-state index in [0.717, 1.165) is 24.0 Å². The lowest BCUT2D eigenvalue weighted by molar-refractivity contribution is -0.122. The number of amides is 1. The van der Waals surface area contributed by atoms with Crippen LogP contribution in [0.2, 0.25) is 0 Å². The fourth-order valence-electron chi connectivity index (χ4n) is 2.53. The van der Waals surface area contributed by atoms with E-state index in [4.69, 9.17) is 4.74 Å². The molecule has 1 saturated heterocycles. The van der Waals surface area contributed by atoms with Crippen LogP contribution in [-0.4, -0.2) is 30.9 Å². The molecule has 1 fully saturated rings. The predicted octanol–water partition coefficient (Wildman–Crippen LogP) is 1.92. The predicted molar refractivity (Wildman–Crippen MR) is 81.3 cm³/mol. The summed E-state index contributed by atoms with van der Waals surface area (Å²) in [6.45, 7) is 4.76. The molecule has 1 N–H and O–H groups in total. The molecule has 1 heterocycles. The van der Waals surface area contributed by atoms with Crippen molar-refractivity contribution in [1.82, 2.24) is 5.32 Å². The van der Waals surface area contributed by atoms with Crippen LogP contribution < -0.4 is 5.32 Å². The second-order valence-electron chi connectivity index (χ2n) is 5.55. The molecule has 116 valence electrons. The molecular formula is C17H20N2O3. The Morgan fingerprint density at radius 1 is 1.45 bits per heavy atom. The van der Waals surface area contributed by atoms with Gasteiger partial charge in [0.15, 0.2) is 11.7 Å². The summed E-state index contributed by atoms with van der Waals surface area (Å²) in [7, 11) is 0. The Morgan fingerprint density at radius 2 is 2.23 bits per heavy atom. The van der Waals surface area contributed by atoms with Gasteiger partial charge in [0.2, 0.25) is 5.91 Å². The van der Waals surface area contributed by atoms with Crippen molar-refractivity contribution in [3.05, 3.63) is 34.9 Å². The number of benzene rings is 1. The quantitative estimate of drug-likeness (QED) is 0.665. The lowest BCUT2D eigenvalue weighted by atomic mass is 9.92. The lowest BCUT2D eigenvalue weighted by Gasteiger charge is -2.14. The molecule has 0 aliphatic carbocycles. The molecule has 0 unspecified atom stereocenters. The molecule has 0 bridgehead atoms. The number of nitriles is 1. The summed E-state index contributed by atoms with van der Waals surface area (Å²) in [5, 5.41) is 11.9. The number of Topliss-reactive ketones (excluding diaryl/α,β-unsaturated/α-hetero) is 1. The summed E-state index contributed by atoms with van der Waals surface area (Å²) in [6.07, 6.45) is 1.85. The first-order chi connectivity index (χ1) is 10.5. The molecule has 1 aliphatic heterocycles. The second-order valence-corrected chi connectivity index (χ2v) is 5.55. The molecule has 2 rings (SSSR count). The summed E-state index contributed by atoms with van der Waals surface area (Å²) in [6, 6.07) is 7.13. The zero-order valence-corrected chi connectivity index (χ0v) is 12.9. The van der Waals surface area contributed by atoms with Crippen molar-refractivity contribution in [2.75, 3.05) is 13.2 Å². The monoisotopic (exact) mass is 300 g/mol. The molecule has 5 nitrogen and oxygen atoms in total. The summed E-state index contributed by atoms with van der Waals surface area (Å²) < 4.78 is 5.41. The maximum Gasteiger partial charge on any atom is 0.245 e. The summed E-state index contributed by atoms with van der Waals surface area (Å²) >= 11 is 0. The number of ketones is 1. The highest BCUT2D eigenvalue weighted by molar-refractivity contribution is 6.12. The highest BCUT2D eigenvalue weighted by atomic mass is 16.5. The third-order valence-corrected chi connectivity index (χ3v) is 4.05. The van der Waals surface area contributed by atoms with Crippen LogP contribution in [0.15, 0.2) is 18.2 Å². The van der Waals surface area contributed by atoms with Crippen molar-refractivity contribution in [1.29, 1.82) is 5.26 Å². The molecule has 5 heteroatoms. The highest BCUT2D eigenvalue weighted by Gasteiger charge is 2.29. The average molecular weight is 300 g/mol. The topological polar surface area (TPSA) is 79.2 Å². The first kappa shape index (κ1) is 16.2. The number of rotatable bonds is 5. The number of aryl methyl sites for hydroxylation is 1. The van der Waals surface area contributed by atoms with E-state index in [1.165, 1.54) is 0 Å². The normalized spacial score (nSPS) is 18.5. The maximum atomic E-state index is 12.5. The van der Waals surface area contributed by atoms with Crippen molar-refractivity contribution in [2.24, 2.45) is 5.92 Å². The molecule has 1 aromatic carbocycles. The van der Waals surface area contributed by atoms with Crippen LogP contribution in [0.4, 0.5) is 0 Å². The Bertz CT molecular complexity index is 613. The van der Waals surface area contributed by atoms with E-state index in [2.05, 4.69) is 5.32 Å². The molecular weight excluding hydrogens is 280 g/mol. The van der Waals surface area contributed by atoms with Gasteiger partial charge in [-0.3, -0.25) is 9.59 Å². The van der Waals surface area contributed by atoms with Gasteiger partial charge in [-0.2, -0.15) is 5.26 Å². The van der Waals surface area contributed by atoms with Crippen LogP contribution in [0.25, 0.3) is 0 Å². The summed E-state index contributed by atoms with van der Waals surface area (Å²) in [5.41, 5.74) is 2.20. The highest BCUT2D eigenvalue weighted by Crippen LogP contribution is 2.17. The van der Waals surface area contributed by atoms with Crippen LogP contribution in [0.1, 0.15) is 34.3 Å². The number of carbonyl (C=O) groups is 2. The van der Waals surface area contributed by atoms with Crippen molar-refractivity contribution in [3.63, 3.8) is 0 Å². The fraction of sp³-hybridized carbons (Fsp3) is 0.471. The van der Waals surface area contributed by atoms with Gasteiger partial charge in [-0.15, -0.1) is 0 Å². The van der Waals surface area contributed by atoms with Gasteiger partial charge in [-0.25, -0.2) is 0 Å².